The van der Waals surface area contributed by atoms with E-state index in [9.17, 15) is 8.78 Å². The first-order valence-corrected chi connectivity index (χ1v) is 7.20. The maximum atomic E-state index is 13.5. The lowest BCUT2D eigenvalue weighted by molar-refractivity contribution is 0.609. The summed E-state index contributed by atoms with van der Waals surface area (Å²) >= 11 is 6.45. The van der Waals surface area contributed by atoms with E-state index in [2.05, 4.69) is 31.9 Å². The second kappa shape index (κ2) is 6.11. The maximum Gasteiger partial charge on any atom is 0.137 e. The van der Waals surface area contributed by atoms with Gasteiger partial charge in [0.15, 0.2) is 0 Å². The van der Waals surface area contributed by atoms with Gasteiger partial charge in [0, 0.05) is 10.5 Å². The monoisotopic (exact) mass is 389 g/mol. The number of benzene rings is 2. The summed E-state index contributed by atoms with van der Waals surface area (Å²) in [7, 11) is 0. The van der Waals surface area contributed by atoms with E-state index < -0.39 is 0 Å². The normalized spacial score (nSPS) is 12.5. The number of rotatable bonds is 3. The van der Waals surface area contributed by atoms with E-state index in [0.717, 1.165) is 10.0 Å². The topological polar surface area (TPSA) is 26.0 Å². The first-order valence-electron chi connectivity index (χ1n) is 5.62. The molecule has 1 nitrogen and oxygen atoms in total. The highest BCUT2D eigenvalue weighted by Gasteiger charge is 2.12. The molecule has 0 heterocycles. The zero-order valence-corrected chi connectivity index (χ0v) is 13.0. The van der Waals surface area contributed by atoms with Gasteiger partial charge in [-0.15, -0.1) is 0 Å². The minimum atomic E-state index is -0.388. The third-order valence-electron chi connectivity index (χ3n) is 2.82. The molecule has 0 aliphatic rings. The molecular weight excluding hydrogens is 380 g/mol. The van der Waals surface area contributed by atoms with Crippen molar-refractivity contribution in [3.05, 3.63) is 68.1 Å². The van der Waals surface area contributed by atoms with Gasteiger partial charge in [0.05, 0.1) is 4.47 Å². The average molecular weight is 391 g/mol. The molecule has 100 valence electrons. The van der Waals surface area contributed by atoms with Crippen molar-refractivity contribution in [1.82, 2.24) is 0 Å². The minimum absolute atomic E-state index is 0.313. The Morgan fingerprint density at radius 3 is 2.37 bits per heavy atom. The predicted octanol–water partition coefficient (Wildman–Crippen LogP) is 4.73. The zero-order valence-electron chi connectivity index (χ0n) is 9.84. The summed E-state index contributed by atoms with van der Waals surface area (Å²) in [5.41, 5.74) is 7.48. The molecule has 2 aromatic rings. The van der Waals surface area contributed by atoms with Crippen LogP contribution in [0.4, 0.5) is 8.78 Å². The van der Waals surface area contributed by atoms with E-state index in [0.29, 0.717) is 16.5 Å². The number of halogens is 4. The molecule has 1 atom stereocenters. The van der Waals surface area contributed by atoms with E-state index in [-0.39, 0.29) is 17.7 Å². The molecule has 0 saturated heterocycles. The third kappa shape index (κ3) is 3.61. The van der Waals surface area contributed by atoms with Gasteiger partial charge in [-0.1, -0.05) is 22.0 Å². The molecule has 0 aliphatic carbocycles. The van der Waals surface area contributed by atoms with Crippen LogP contribution in [0.25, 0.3) is 0 Å². The second-order valence-corrected chi connectivity index (χ2v) is 5.93. The molecule has 1 unspecified atom stereocenters. The van der Waals surface area contributed by atoms with Crippen LogP contribution in [0.2, 0.25) is 0 Å². The highest BCUT2D eigenvalue weighted by atomic mass is 79.9. The van der Waals surface area contributed by atoms with Gasteiger partial charge in [-0.05, 0) is 63.8 Å². The molecule has 0 aliphatic heterocycles. The van der Waals surface area contributed by atoms with Gasteiger partial charge in [-0.2, -0.15) is 0 Å². The molecule has 0 radical (unpaired) electrons. The van der Waals surface area contributed by atoms with Crippen LogP contribution in [-0.2, 0) is 6.42 Å². The van der Waals surface area contributed by atoms with E-state index >= 15 is 0 Å². The summed E-state index contributed by atoms with van der Waals surface area (Å²) in [6, 6.07) is 8.82. The fourth-order valence-corrected chi connectivity index (χ4v) is 2.45. The van der Waals surface area contributed by atoms with Crippen LogP contribution in [0.5, 0.6) is 0 Å². The van der Waals surface area contributed by atoms with E-state index in [1.165, 1.54) is 18.2 Å². The summed E-state index contributed by atoms with van der Waals surface area (Å²) in [6.07, 6.45) is 0.430. The van der Waals surface area contributed by atoms with Crippen LogP contribution in [-0.4, -0.2) is 0 Å². The smallest absolute Gasteiger partial charge is 0.137 e. The molecule has 0 aromatic heterocycles. The lowest BCUT2D eigenvalue weighted by atomic mass is 9.99. The van der Waals surface area contributed by atoms with Crippen molar-refractivity contribution < 1.29 is 8.78 Å². The molecule has 0 bridgehead atoms. The van der Waals surface area contributed by atoms with Gasteiger partial charge < -0.3 is 5.73 Å². The Hall–Kier alpha value is -0.780. The lowest BCUT2D eigenvalue weighted by Crippen LogP contribution is -2.14. The SMILES string of the molecule is NC(Cc1cc(F)ccc1Br)c1ccc(Br)c(F)c1. The Balaban J connectivity index is 2.22. The van der Waals surface area contributed by atoms with Gasteiger partial charge in [-0.25, -0.2) is 8.78 Å². The van der Waals surface area contributed by atoms with Gasteiger partial charge in [0.1, 0.15) is 11.6 Å². The van der Waals surface area contributed by atoms with Crippen molar-refractivity contribution >= 4 is 31.9 Å². The maximum absolute atomic E-state index is 13.5. The van der Waals surface area contributed by atoms with E-state index in [1.54, 1.807) is 18.2 Å². The van der Waals surface area contributed by atoms with Crippen LogP contribution < -0.4 is 5.73 Å². The van der Waals surface area contributed by atoms with Crippen molar-refractivity contribution in [2.24, 2.45) is 5.73 Å². The Bertz CT molecular complexity index is 602. The fourth-order valence-electron chi connectivity index (χ4n) is 1.80. The molecule has 2 rings (SSSR count). The molecule has 0 saturated carbocycles. The molecule has 0 amide bonds. The molecule has 5 heteroatoms. The molecule has 0 fully saturated rings. The average Bonchev–Trinajstić information content (AvgIpc) is 2.37. The van der Waals surface area contributed by atoms with Crippen LogP contribution >= 0.6 is 31.9 Å². The molecule has 0 spiro atoms. The molecule has 2 aromatic carbocycles. The fraction of sp³-hybridized carbons (Fsp3) is 0.143. The van der Waals surface area contributed by atoms with Gasteiger partial charge >= 0.3 is 0 Å². The minimum Gasteiger partial charge on any atom is -0.324 e. The first kappa shape index (κ1) is 14.6. The summed E-state index contributed by atoms with van der Waals surface area (Å²) in [5, 5.41) is 0. The summed E-state index contributed by atoms with van der Waals surface area (Å²) in [5.74, 6) is -0.668. The molecule has 19 heavy (non-hydrogen) atoms. The van der Waals surface area contributed by atoms with E-state index in [1.807, 2.05) is 0 Å². The van der Waals surface area contributed by atoms with Crippen molar-refractivity contribution in [2.75, 3.05) is 0 Å². The highest BCUT2D eigenvalue weighted by molar-refractivity contribution is 9.10. The first-order chi connectivity index (χ1) is 8.97. The van der Waals surface area contributed by atoms with Crippen molar-refractivity contribution in [3.63, 3.8) is 0 Å². The van der Waals surface area contributed by atoms with E-state index in [4.69, 9.17) is 5.73 Å². The second-order valence-electron chi connectivity index (χ2n) is 4.22. The van der Waals surface area contributed by atoms with Crippen molar-refractivity contribution in [1.29, 1.82) is 0 Å². The Kier molecular flexibility index (Phi) is 4.71. The summed E-state index contributed by atoms with van der Waals surface area (Å²) in [6.45, 7) is 0. The predicted molar refractivity (Wildman–Crippen MR) is 78.8 cm³/mol. The van der Waals surface area contributed by atoms with Gasteiger partial charge in [0.2, 0.25) is 0 Å². The molecular formula is C14H11Br2F2N. The zero-order chi connectivity index (χ0) is 14.0. The third-order valence-corrected chi connectivity index (χ3v) is 4.24. The lowest BCUT2D eigenvalue weighted by Gasteiger charge is -2.14. The number of hydrogen-bond donors (Lipinski definition) is 1. The van der Waals surface area contributed by atoms with Gasteiger partial charge in [0.25, 0.3) is 0 Å². The Morgan fingerprint density at radius 2 is 1.68 bits per heavy atom. The quantitative estimate of drug-likeness (QED) is 0.805. The number of hydrogen-bond acceptors (Lipinski definition) is 1. The van der Waals surface area contributed by atoms with Crippen molar-refractivity contribution in [3.8, 4) is 0 Å². The highest BCUT2D eigenvalue weighted by Crippen LogP contribution is 2.25. The number of nitrogens with two attached hydrogens (primary N) is 1. The van der Waals surface area contributed by atoms with Crippen LogP contribution in [0, 0.1) is 11.6 Å². The Labute approximate surface area is 127 Å². The van der Waals surface area contributed by atoms with Crippen LogP contribution in [0.3, 0.4) is 0 Å². The van der Waals surface area contributed by atoms with Crippen LogP contribution in [0.1, 0.15) is 17.2 Å². The van der Waals surface area contributed by atoms with Crippen molar-refractivity contribution in [2.45, 2.75) is 12.5 Å². The summed E-state index contributed by atoms with van der Waals surface area (Å²) in [4.78, 5) is 0. The Morgan fingerprint density at radius 1 is 1.00 bits per heavy atom. The van der Waals surface area contributed by atoms with Crippen LogP contribution in [0.15, 0.2) is 45.3 Å². The standard InChI is InChI=1S/C14H11Br2F2N/c15-11-4-2-10(17)5-9(11)7-14(19)8-1-3-12(16)13(18)6-8/h1-6,14H,7,19H2. The summed E-state index contributed by atoms with van der Waals surface area (Å²) < 4.78 is 27.8. The molecule has 2 N–H and O–H groups in total. The van der Waals surface area contributed by atoms with Gasteiger partial charge in [-0.3, -0.25) is 0 Å². The largest absolute Gasteiger partial charge is 0.324 e.